The van der Waals surface area contributed by atoms with Gasteiger partial charge in [-0.05, 0) is 47.5 Å². The minimum atomic E-state index is -0.438. The summed E-state index contributed by atoms with van der Waals surface area (Å²) in [6.07, 6.45) is 0.228. The average molecular weight is 385 g/mol. The van der Waals surface area contributed by atoms with Crippen LogP contribution < -0.4 is 9.47 Å². The van der Waals surface area contributed by atoms with Gasteiger partial charge in [0.1, 0.15) is 11.5 Å². The monoisotopic (exact) mass is 385 g/mol. The Hall–Kier alpha value is -3.58. The molecule has 0 spiro atoms. The molecule has 0 saturated heterocycles. The molecule has 0 bridgehead atoms. The molecule has 146 valence electrons. The van der Waals surface area contributed by atoms with Crippen LogP contribution in [0.4, 0.5) is 0 Å². The molecule has 0 aliphatic carbocycles. The fourth-order valence-corrected chi connectivity index (χ4v) is 3.43. The summed E-state index contributed by atoms with van der Waals surface area (Å²) in [5.74, 6) is 0.717. The van der Waals surface area contributed by atoms with E-state index < -0.39 is 5.92 Å². The van der Waals surface area contributed by atoms with Gasteiger partial charge in [-0.2, -0.15) is 5.26 Å². The number of carbonyl (C=O) groups excluding carboxylic acids is 1. The van der Waals surface area contributed by atoms with Gasteiger partial charge >= 0.3 is 0 Å². The first-order valence-corrected chi connectivity index (χ1v) is 9.42. The van der Waals surface area contributed by atoms with Gasteiger partial charge in [-0.15, -0.1) is 0 Å². The van der Waals surface area contributed by atoms with Crippen molar-refractivity contribution in [3.63, 3.8) is 0 Å². The number of ether oxygens (including phenoxy) is 2. The van der Waals surface area contributed by atoms with Crippen LogP contribution in [0.15, 0.2) is 78.9 Å². The molecule has 0 amide bonds. The van der Waals surface area contributed by atoms with Crippen LogP contribution in [0.3, 0.4) is 0 Å². The highest BCUT2D eigenvalue weighted by Gasteiger charge is 2.27. The van der Waals surface area contributed by atoms with Gasteiger partial charge in [0.15, 0.2) is 5.78 Å². The normalized spacial score (nSPS) is 12.4. The van der Waals surface area contributed by atoms with Crippen molar-refractivity contribution in [1.82, 2.24) is 0 Å². The number of nitrogens with zero attached hydrogens (tertiary/aromatic N) is 1. The summed E-state index contributed by atoms with van der Waals surface area (Å²) in [4.78, 5) is 13.0. The molecule has 0 fully saturated rings. The highest BCUT2D eigenvalue weighted by Crippen LogP contribution is 2.37. The Kier molecular flexibility index (Phi) is 6.65. The molecule has 29 heavy (non-hydrogen) atoms. The van der Waals surface area contributed by atoms with E-state index in [0.717, 1.165) is 16.9 Å². The zero-order valence-corrected chi connectivity index (χ0v) is 16.5. The highest BCUT2D eigenvalue weighted by molar-refractivity contribution is 5.96. The highest BCUT2D eigenvalue weighted by atomic mass is 16.5. The van der Waals surface area contributed by atoms with Crippen LogP contribution in [0.5, 0.6) is 11.5 Å². The number of methoxy groups -OCH3 is 2. The second kappa shape index (κ2) is 9.57. The molecule has 0 aliphatic heterocycles. The third-order valence-corrected chi connectivity index (χ3v) is 5.06. The SMILES string of the molecule is COc1ccc(C(=O)CC(c2ccc(OC)cc2)C(C#N)c2ccccc2)cc1. The lowest BCUT2D eigenvalue weighted by Gasteiger charge is -2.23. The van der Waals surface area contributed by atoms with E-state index in [2.05, 4.69) is 6.07 Å². The summed E-state index contributed by atoms with van der Waals surface area (Å²) in [6, 6.07) is 26.7. The standard InChI is InChI=1S/C25H23NO3/c1-28-21-12-8-19(9-13-21)23(24(17-26)18-6-4-3-5-7-18)16-25(27)20-10-14-22(29-2)15-11-20/h3-15,23-24H,16H2,1-2H3. The number of ketones is 1. The van der Waals surface area contributed by atoms with Crippen LogP contribution >= 0.6 is 0 Å². The van der Waals surface area contributed by atoms with Crippen molar-refractivity contribution >= 4 is 5.78 Å². The molecule has 0 saturated carbocycles. The summed E-state index contributed by atoms with van der Waals surface area (Å²) in [5, 5.41) is 9.96. The third-order valence-electron chi connectivity index (χ3n) is 5.06. The molecule has 4 nitrogen and oxygen atoms in total. The maximum absolute atomic E-state index is 13.0. The van der Waals surface area contributed by atoms with Crippen LogP contribution in [-0.2, 0) is 0 Å². The zero-order chi connectivity index (χ0) is 20.6. The predicted molar refractivity (Wildman–Crippen MR) is 112 cm³/mol. The van der Waals surface area contributed by atoms with E-state index in [4.69, 9.17) is 9.47 Å². The van der Waals surface area contributed by atoms with Crippen molar-refractivity contribution in [1.29, 1.82) is 5.26 Å². The van der Waals surface area contributed by atoms with Crippen molar-refractivity contribution in [2.75, 3.05) is 14.2 Å². The Balaban J connectivity index is 1.94. The van der Waals surface area contributed by atoms with Gasteiger partial charge < -0.3 is 9.47 Å². The lowest BCUT2D eigenvalue weighted by Crippen LogP contribution is -2.15. The number of Topliss-reactive ketones (excluding diaryl/α,β-unsaturated/α-hetero) is 1. The molecule has 4 heteroatoms. The number of carbonyl (C=O) groups is 1. The van der Waals surface area contributed by atoms with E-state index in [1.165, 1.54) is 0 Å². The summed E-state index contributed by atoms with van der Waals surface area (Å²) >= 11 is 0. The molecule has 0 aliphatic rings. The summed E-state index contributed by atoms with van der Waals surface area (Å²) in [7, 11) is 3.20. The van der Waals surface area contributed by atoms with Crippen LogP contribution in [0.25, 0.3) is 0 Å². The van der Waals surface area contributed by atoms with E-state index in [1.807, 2.05) is 54.6 Å². The predicted octanol–water partition coefficient (Wildman–Crippen LogP) is 5.37. The molecule has 3 aromatic carbocycles. The Morgan fingerprint density at radius 3 is 1.90 bits per heavy atom. The number of benzene rings is 3. The molecule has 0 N–H and O–H groups in total. The lowest BCUT2D eigenvalue weighted by molar-refractivity contribution is 0.0971. The molecule has 2 atom stereocenters. The van der Waals surface area contributed by atoms with Crippen LogP contribution in [0.1, 0.15) is 39.7 Å². The lowest BCUT2D eigenvalue weighted by atomic mass is 9.78. The van der Waals surface area contributed by atoms with Crippen LogP contribution in [0.2, 0.25) is 0 Å². The summed E-state index contributed by atoms with van der Waals surface area (Å²) in [6.45, 7) is 0. The third kappa shape index (κ3) is 4.83. The second-order valence-electron chi connectivity index (χ2n) is 6.75. The average Bonchev–Trinajstić information content (AvgIpc) is 2.79. The van der Waals surface area contributed by atoms with Crippen LogP contribution in [0, 0.1) is 11.3 Å². The molecule has 0 aromatic heterocycles. The van der Waals surface area contributed by atoms with Crippen molar-refractivity contribution in [2.24, 2.45) is 0 Å². The van der Waals surface area contributed by atoms with Gasteiger partial charge in [-0.25, -0.2) is 0 Å². The number of hydrogen-bond acceptors (Lipinski definition) is 4. The minimum Gasteiger partial charge on any atom is -0.497 e. The van der Waals surface area contributed by atoms with Gasteiger partial charge in [-0.3, -0.25) is 4.79 Å². The van der Waals surface area contributed by atoms with Crippen molar-refractivity contribution in [2.45, 2.75) is 18.3 Å². The van der Waals surface area contributed by atoms with Gasteiger partial charge in [0.05, 0.1) is 26.2 Å². The molecular formula is C25H23NO3. The van der Waals surface area contributed by atoms with E-state index >= 15 is 0 Å². The second-order valence-corrected chi connectivity index (χ2v) is 6.75. The molecule has 3 aromatic rings. The maximum atomic E-state index is 13.0. The number of nitriles is 1. The van der Waals surface area contributed by atoms with Gasteiger partial charge in [0, 0.05) is 17.9 Å². The topological polar surface area (TPSA) is 59.3 Å². The zero-order valence-electron chi connectivity index (χ0n) is 16.5. The Morgan fingerprint density at radius 1 is 0.828 bits per heavy atom. The molecule has 0 radical (unpaired) electrons. The first-order chi connectivity index (χ1) is 14.2. The minimum absolute atomic E-state index is 0.00958. The number of hydrogen-bond donors (Lipinski definition) is 0. The van der Waals surface area contributed by atoms with Gasteiger partial charge in [0.25, 0.3) is 0 Å². The van der Waals surface area contributed by atoms with E-state index in [-0.39, 0.29) is 18.1 Å². The summed E-state index contributed by atoms with van der Waals surface area (Å²) < 4.78 is 10.4. The largest absolute Gasteiger partial charge is 0.497 e. The quantitative estimate of drug-likeness (QED) is 0.489. The van der Waals surface area contributed by atoms with E-state index in [9.17, 15) is 10.1 Å². The van der Waals surface area contributed by atoms with Crippen LogP contribution in [-0.4, -0.2) is 20.0 Å². The van der Waals surface area contributed by atoms with E-state index in [0.29, 0.717) is 11.3 Å². The fraction of sp³-hybridized carbons (Fsp3) is 0.200. The summed E-state index contributed by atoms with van der Waals surface area (Å²) in [5.41, 5.74) is 2.44. The Labute approximate surface area is 171 Å². The van der Waals surface area contributed by atoms with Crippen molar-refractivity contribution < 1.29 is 14.3 Å². The van der Waals surface area contributed by atoms with Gasteiger partial charge in [0.2, 0.25) is 0 Å². The smallest absolute Gasteiger partial charge is 0.163 e. The maximum Gasteiger partial charge on any atom is 0.163 e. The molecular weight excluding hydrogens is 362 g/mol. The Bertz CT molecular complexity index is 973. The van der Waals surface area contributed by atoms with Gasteiger partial charge in [-0.1, -0.05) is 42.5 Å². The molecule has 0 heterocycles. The van der Waals surface area contributed by atoms with E-state index in [1.54, 1.807) is 38.5 Å². The molecule has 2 unspecified atom stereocenters. The molecule has 3 rings (SSSR count). The first-order valence-electron chi connectivity index (χ1n) is 9.42. The van der Waals surface area contributed by atoms with Crippen molar-refractivity contribution in [3.05, 3.63) is 95.6 Å². The van der Waals surface area contributed by atoms with Crippen molar-refractivity contribution in [3.8, 4) is 17.6 Å². The first kappa shape index (κ1) is 20.2. The fourth-order valence-electron chi connectivity index (χ4n) is 3.43. The number of rotatable bonds is 8. The Morgan fingerprint density at radius 2 is 1.38 bits per heavy atom.